The van der Waals surface area contributed by atoms with Crippen molar-refractivity contribution in [1.82, 2.24) is 4.57 Å². The van der Waals surface area contributed by atoms with Gasteiger partial charge in [0.1, 0.15) is 12.2 Å². The highest BCUT2D eigenvalue weighted by molar-refractivity contribution is 5.20. The number of aromatic nitrogens is 1. The fourth-order valence-corrected chi connectivity index (χ4v) is 3.72. The maximum atomic E-state index is 11.1. The highest BCUT2D eigenvalue weighted by atomic mass is 16.5. The zero-order valence-corrected chi connectivity index (χ0v) is 18.1. The lowest BCUT2D eigenvalue weighted by Gasteiger charge is -2.25. The van der Waals surface area contributed by atoms with E-state index in [0.717, 1.165) is 16.8 Å². The molecule has 0 radical (unpaired) electrons. The van der Waals surface area contributed by atoms with E-state index in [4.69, 9.17) is 9.47 Å². The van der Waals surface area contributed by atoms with Gasteiger partial charge in [-0.25, -0.2) is 0 Å². The van der Waals surface area contributed by atoms with Crippen molar-refractivity contribution >= 4 is 0 Å². The number of hydrogen-bond donors (Lipinski definition) is 1. The molecule has 0 bridgehead atoms. The molecule has 1 aromatic heterocycles. The van der Waals surface area contributed by atoms with E-state index < -0.39 is 12.2 Å². The van der Waals surface area contributed by atoms with Crippen LogP contribution >= 0.6 is 0 Å². The molecule has 4 heteroatoms. The van der Waals surface area contributed by atoms with E-state index in [1.54, 1.807) is 0 Å². The van der Waals surface area contributed by atoms with Gasteiger partial charge in [0, 0.05) is 18.4 Å². The number of aliphatic hydroxyl groups excluding tert-OH is 1. The Morgan fingerprint density at radius 3 is 1.84 bits per heavy atom. The summed E-state index contributed by atoms with van der Waals surface area (Å²) in [5.74, 6) is 0. The minimum Gasteiger partial charge on any atom is -0.388 e. The number of hydrogen-bond acceptors (Lipinski definition) is 3. The molecule has 0 spiro atoms. The molecule has 0 amide bonds. The van der Waals surface area contributed by atoms with Gasteiger partial charge >= 0.3 is 0 Å². The first-order valence-corrected chi connectivity index (χ1v) is 10.9. The lowest BCUT2D eigenvalue weighted by atomic mass is 10.1. The molecule has 0 aliphatic heterocycles. The summed E-state index contributed by atoms with van der Waals surface area (Å²) in [4.78, 5) is 0. The van der Waals surface area contributed by atoms with Crippen molar-refractivity contribution in [3.63, 3.8) is 0 Å². The van der Waals surface area contributed by atoms with Crippen LogP contribution in [0.1, 0.15) is 28.5 Å². The summed E-state index contributed by atoms with van der Waals surface area (Å²) in [5.41, 5.74) is 4.27. The van der Waals surface area contributed by atoms with Gasteiger partial charge in [0.05, 0.1) is 19.8 Å². The van der Waals surface area contributed by atoms with Crippen LogP contribution in [0.3, 0.4) is 0 Å². The van der Waals surface area contributed by atoms with Crippen LogP contribution in [0.5, 0.6) is 0 Å². The van der Waals surface area contributed by atoms with Crippen molar-refractivity contribution in [2.24, 2.45) is 0 Å². The number of nitrogens with zero attached hydrogens (tertiary/aromatic N) is 1. The molecular weight excluding hydrogens is 398 g/mol. The highest BCUT2D eigenvalue weighted by Gasteiger charge is 2.25. The van der Waals surface area contributed by atoms with Gasteiger partial charge in [-0.05, 0) is 28.8 Å². The van der Waals surface area contributed by atoms with Gasteiger partial charge in [0.15, 0.2) is 0 Å². The fourth-order valence-electron chi connectivity index (χ4n) is 3.72. The van der Waals surface area contributed by atoms with Crippen LogP contribution in [0.2, 0.25) is 0 Å². The monoisotopic (exact) mass is 427 g/mol. The average molecular weight is 428 g/mol. The van der Waals surface area contributed by atoms with Crippen LogP contribution in [0.4, 0.5) is 0 Å². The molecule has 0 saturated carbocycles. The SMILES string of the molecule is O[C@H](COCc1ccccc1)[C@@H](OCc1ccccc1)c1cccn1Cc1ccccc1. The molecule has 0 unspecified atom stereocenters. The summed E-state index contributed by atoms with van der Waals surface area (Å²) >= 11 is 0. The third kappa shape index (κ3) is 6.17. The summed E-state index contributed by atoms with van der Waals surface area (Å²) in [6, 6.07) is 34.3. The molecule has 4 nitrogen and oxygen atoms in total. The Bertz CT molecular complexity index is 1050. The Morgan fingerprint density at radius 1 is 0.656 bits per heavy atom. The van der Waals surface area contributed by atoms with Crippen LogP contribution < -0.4 is 0 Å². The molecular formula is C28H29NO3. The van der Waals surface area contributed by atoms with Crippen molar-refractivity contribution in [2.75, 3.05) is 6.61 Å². The van der Waals surface area contributed by atoms with Gasteiger partial charge in [-0.3, -0.25) is 0 Å². The van der Waals surface area contributed by atoms with E-state index in [1.807, 2.05) is 97.2 Å². The first-order chi connectivity index (χ1) is 15.8. The van der Waals surface area contributed by atoms with E-state index in [0.29, 0.717) is 19.8 Å². The molecule has 1 heterocycles. The first kappa shape index (κ1) is 22.0. The van der Waals surface area contributed by atoms with Crippen LogP contribution in [-0.4, -0.2) is 22.4 Å². The van der Waals surface area contributed by atoms with Gasteiger partial charge in [-0.15, -0.1) is 0 Å². The van der Waals surface area contributed by atoms with Gasteiger partial charge in [-0.1, -0.05) is 91.0 Å². The Morgan fingerprint density at radius 2 is 1.22 bits per heavy atom. The van der Waals surface area contributed by atoms with E-state index >= 15 is 0 Å². The third-order valence-corrected chi connectivity index (χ3v) is 5.37. The largest absolute Gasteiger partial charge is 0.388 e. The van der Waals surface area contributed by atoms with Crippen LogP contribution in [0.25, 0.3) is 0 Å². The standard InChI is InChI=1S/C28H29NO3/c30-27(22-31-20-24-13-6-2-7-14-24)28(32-21-25-15-8-3-9-16-25)26-17-10-18-29(26)19-23-11-4-1-5-12-23/h1-18,27-28,30H,19-22H2/t27-,28+/m1/s1. The summed E-state index contributed by atoms with van der Waals surface area (Å²) in [6.07, 6.45) is 0.718. The minimum atomic E-state index is -0.799. The molecule has 32 heavy (non-hydrogen) atoms. The quantitative estimate of drug-likeness (QED) is 0.350. The van der Waals surface area contributed by atoms with Gasteiger partial charge in [-0.2, -0.15) is 0 Å². The normalized spacial score (nSPS) is 13.0. The van der Waals surface area contributed by atoms with Crippen LogP contribution in [0.15, 0.2) is 109 Å². The fraction of sp³-hybridized carbons (Fsp3) is 0.214. The second-order valence-electron chi connectivity index (χ2n) is 7.83. The lowest BCUT2D eigenvalue weighted by molar-refractivity contribution is -0.0858. The second-order valence-corrected chi connectivity index (χ2v) is 7.83. The maximum Gasteiger partial charge on any atom is 0.126 e. The Hall–Kier alpha value is -3.18. The molecule has 0 saturated heterocycles. The van der Waals surface area contributed by atoms with Crippen molar-refractivity contribution in [2.45, 2.75) is 32.0 Å². The summed E-state index contributed by atoms with van der Waals surface area (Å²) < 4.78 is 14.2. The van der Waals surface area contributed by atoms with Crippen LogP contribution in [0, 0.1) is 0 Å². The van der Waals surface area contributed by atoms with Gasteiger partial charge < -0.3 is 19.1 Å². The van der Waals surface area contributed by atoms with Crippen LogP contribution in [-0.2, 0) is 29.2 Å². The molecule has 0 fully saturated rings. The summed E-state index contributed by atoms with van der Waals surface area (Å²) in [6.45, 7) is 1.77. The molecule has 3 aromatic carbocycles. The number of ether oxygens (including phenoxy) is 2. The van der Waals surface area contributed by atoms with E-state index in [1.165, 1.54) is 5.56 Å². The average Bonchev–Trinajstić information content (AvgIpc) is 3.29. The van der Waals surface area contributed by atoms with Crippen molar-refractivity contribution in [3.8, 4) is 0 Å². The smallest absolute Gasteiger partial charge is 0.126 e. The van der Waals surface area contributed by atoms with Crippen molar-refractivity contribution in [1.29, 1.82) is 0 Å². The van der Waals surface area contributed by atoms with Gasteiger partial charge in [0.2, 0.25) is 0 Å². The van der Waals surface area contributed by atoms with E-state index in [-0.39, 0.29) is 6.61 Å². The molecule has 0 aliphatic carbocycles. The lowest BCUT2D eigenvalue weighted by Crippen LogP contribution is -2.28. The zero-order chi connectivity index (χ0) is 22.0. The summed E-state index contributed by atoms with van der Waals surface area (Å²) in [5, 5.41) is 11.1. The summed E-state index contributed by atoms with van der Waals surface area (Å²) in [7, 11) is 0. The number of benzene rings is 3. The first-order valence-electron chi connectivity index (χ1n) is 10.9. The van der Waals surface area contributed by atoms with Gasteiger partial charge in [0.25, 0.3) is 0 Å². The number of rotatable bonds is 11. The Balaban J connectivity index is 1.47. The second kappa shape index (κ2) is 11.4. The minimum absolute atomic E-state index is 0.185. The van der Waals surface area contributed by atoms with E-state index in [2.05, 4.69) is 16.7 Å². The molecule has 4 rings (SSSR count). The predicted molar refractivity (Wildman–Crippen MR) is 126 cm³/mol. The third-order valence-electron chi connectivity index (χ3n) is 5.37. The topological polar surface area (TPSA) is 43.6 Å². The highest BCUT2D eigenvalue weighted by Crippen LogP contribution is 2.25. The van der Waals surface area contributed by atoms with Crippen molar-refractivity contribution in [3.05, 3.63) is 132 Å². The van der Waals surface area contributed by atoms with Crippen molar-refractivity contribution < 1.29 is 14.6 Å². The molecule has 0 aliphatic rings. The number of aliphatic hydroxyl groups is 1. The molecule has 1 N–H and O–H groups in total. The Labute approximate surface area is 189 Å². The predicted octanol–water partition coefficient (Wildman–Crippen LogP) is 5.37. The molecule has 164 valence electrons. The zero-order valence-electron chi connectivity index (χ0n) is 18.1. The molecule has 2 atom stereocenters. The Kier molecular flexibility index (Phi) is 7.88. The maximum absolute atomic E-state index is 11.1. The van der Waals surface area contributed by atoms with E-state index in [9.17, 15) is 5.11 Å². The molecule has 4 aromatic rings.